The third-order valence-corrected chi connectivity index (χ3v) is 11.5. The second-order valence-electron chi connectivity index (χ2n) is 14.4. The van der Waals surface area contributed by atoms with E-state index >= 15 is 0 Å². The summed E-state index contributed by atoms with van der Waals surface area (Å²) in [6.07, 6.45) is 12.3. The van der Waals surface area contributed by atoms with Crippen LogP contribution in [0.3, 0.4) is 0 Å². The van der Waals surface area contributed by atoms with Crippen LogP contribution in [-0.2, 0) is 5.41 Å². The summed E-state index contributed by atoms with van der Waals surface area (Å²) in [5, 5.41) is 1.55. The molecule has 3 aromatic carbocycles. The van der Waals surface area contributed by atoms with Crippen LogP contribution in [0.5, 0.6) is 0 Å². The Labute approximate surface area is 258 Å². The number of nitrogens with zero attached hydrogens (tertiary/aromatic N) is 1. The lowest BCUT2D eigenvalue weighted by atomic mass is 9.36. The maximum absolute atomic E-state index is 12.6. The Bertz CT molecular complexity index is 1730. The second-order valence-corrected chi connectivity index (χ2v) is 14.4. The van der Waals surface area contributed by atoms with Crippen LogP contribution < -0.4 is 21.5 Å². The molecule has 2 aliphatic carbocycles. The molecular formula is C38H45B2NO2. The number of anilines is 3. The summed E-state index contributed by atoms with van der Waals surface area (Å²) < 4.78 is 5.41. The Morgan fingerprint density at radius 3 is 1.81 bits per heavy atom. The van der Waals surface area contributed by atoms with E-state index in [9.17, 15) is 4.79 Å². The number of benzene rings is 3. The molecule has 0 amide bonds. The van der Waals surface area contributed by atoms with Gasteiger partial charge >= 0.3 is 5.63 Å². The van der Waals surface area contributed by atoms with E-state index in [1.165, 1.54) is 91.2 Å². The van der Waals surface area contributed by atoms with Gasteiger partial charge in [0.15, 0.2) is 13.4 Å². The standard InChI is InChI=1S/C38H45B2NO2/c1-25-21-26-22-31(17-18-32(26)37(42)43-25)41-35-19-15-29(39(4)27-11-7-6-8-12-27)23-33(35)38(2,3)34-24-30(16-20-36(34)41)40(5)28-13-9-10-14-28/h15-24,27-28H,6-14H2,1-5H3. The molecule has 0 spiro atoms. The van der Waals surface area contributed by atoms with Crippen LogP contribution in [0.4, 0.5) is 17.1 Å². The molecular weight excluding hydrogens is 524 g/mol. The molecule has 0 radical (unpaired) electrons. The van der Waals surface area contributed by atoms with Crippen molar-refractivity contribution in [1.82, 2.24) is 0 Å². The van der Waals surface area contributed by atoms with Crippen molar-refractivity contribution in [2.45, 2.75) is 109 Å². The molecule has 3 aliphatic rings. The summed E-state index contributed by atoms with van der Waals surface area (Å²) >= 11 is 0. The number of fused-ring (bicyclic) bond motifs is 3. The molecule has 2 heterocycles. The fourth-order valence-corrected chi connectivity index (χ4v) is 8.70. The van der Waals surface area contributed by atoms with Gasteiger partial charge in [-0.2, -0.15) is 0 Å². The van der Waals surface area contributed by atoms with Crippen LogP contribution >= 0.6 is 0 Å². The molecule has 0 bridgehead atoms. The predicted molar refractivity (Wildman–Crippen MR) is 186 cm³/mol. The minimum atomic E-state index is -0.269. The van der Waals surface area contributed by atoms with Crippen molar-refractivity contribution in [2.24, 2.45) is 0 Å². The molecule has 0 saturated heterocycles. The van der Waals surface area contributed by atoms with Crippen molar-refractivity contribution in [3.63, 3.8) is 0 Å². The van der Waals surface area contributed by atoms with Crippen molar-refractivity contribution in [3.05, 3.63) is 88.0 Å². The first-order valence-electron chi connectivity index (χ1n) is 16.9. The molecule has 1 aromatic heterocycles. The highest BCUT2D eigenvalue weighted by atomic mass is 16.4. The number of hydrogen-bond donors (Lipinski definition) is 0. The molecule has 0 N–H and O–H groups in total. The van der Waals surface area contributed by atoms with E-state index in [-0.39, 0.29) is 11.0 Å². The van der Waals surface area contributed by atoms with Crippen LogP contribution in [0.25, 0.3) is 10.8 Å². The Morgan fingerprint density at radius 1 is 0.721 bits per heavy atom. The summed E-state index contributed by atoms with van der Waals surface area (Å²) in [5.74, 6) is 2.20. The van der Waals surface area contributed by atoms with Crippen molar-refractivity contribution in [1.29, 1.82) is 0 Å². The second kappa shape index (κ2) is 11.1. The first-order valence-corrected chi connectivity index (χ1v) is 16.9. The monoisotopic (exact) mass is 569 g/mol. The fraction of sp³-hybridized carbons (Fsp3) is 0.447. The predicted octanol–water partition coefficient (Wildman–Crippen LogP) is 9.15. The smallest absolute Gasteiger partial charge is 0.343 e. The van der Waals surface area contributed by atoms with Gasteiger partial charge in [0.2, 0.25) is 0 Å². The van der Waals surface area contributed by atoms with Gasteiger partial charge in [-0.15, -0.1) is 0 Å². The van der Waals surface area contributed by atoms with Gasteiger partial charge in [-0.25, -0.2) is 4.79 Å². The molecule has 43 heavy (non-hydrogen) atoms. The molecule has 0 unspecified atom stereocenters. The summed E-state index contributed by atoms with van der Waals surface area (Å²) in [5.41, 5.74) is 8.91. The van der Waals surface area contributed by atoms with Crippen LogP contribution in [0.2, 0.25) is 25.3 Å². The quantitative estimate of drug-likeness (QED) is 0.225. The van der Waals surface area contributed by atoms with Gasteiger partial charge in [0.1, 0.15) is 5.76 Å². The minimum Gasteiger partial charge on any atom is -0.428 e. The summed E-state index contributed by atoms with van der Waals surface area (Å²) in [6.45, 7) is 12.7. The third-order valence-electron chi connectivity index (χ3n) is 11.5. The van der Waals surface area contributed by atoms with Crippen LogP contribution in [0.15, 0.2) is 69.9 Å². The van der Waals surface area contributed by atoms with Crippen molar-refractivity contribution in [3.8, 4) is 0 Å². The molecule has 7 rings (SSSR count). The molecule has 220 valence electrons. The molecule has 5 heteroatoms. The van der Waals surface area contributed by atoms with Crippen LogP contribution in [-0.4, -0.2) is 13.4 Å². The van der Waals surface area contributed by atoms with E-state index < -0.39 is 0 Å². The highest BCUT2D eigenvalue weighted by molar-refractivity contribution is 6.74. The summed E-state index contributed by atoms with van der Waals surface area (Å²) in [7, 11) is 0. The Morgan fingerprint density at radius 2 is 1.26 bits per heavy atom. The average Bonchev–Trinajstić information content (AvgIpc) is 3.56. The molecule has 3 nitrogen and oxygen atoms in total. The zero-order chi connectivity index (χ0) is 29.9. The van der Waals surface area contributed by atoms with E-state index in [0.29, 0.717) is 24.6 Å². The van der Waals surface area contributed by atoms with Crippen LogP contribution in [0.1, 0.15) is 88.5 Å². The maximum atomic E-state index is 12.6. The van der Waals surface area contributed by atoms with E-state index in [1.807, 2.05) is 19.1 Å². The highest BCUT2D eigenvalue weighted by Gasteiger charge is 2.39. The Hall–Kier alpha value is -3.20. The summed E-state index contributed by atoms with van der Waals surface area (Å²) in [6, 6.07) is 22.8. The maximum Gasteiger partial charge on any atom is 0.343 e. The van der Waals surface area contributed by atoms with Gasteiger partial charge in [-0.3, -0.25) is 0 Å². The number of hydrogen-bond acceptors (Lipinski definition) is 3. The molecule has 2 saturated carbocycles. The Balaban J connectivity index is 1.39. The van der Waals surface area contributed by atoms with Gasteiger partial charge in [0.25, 0.3) is 0 Å². The van der Waals surface area contributed by atoms with Crippen LogP contribution in [0, 0.1) is 6.92 Å². The molecule has 2 fully saturated rings. The largest absolute Gasteiger partial charge is 0.428 e. The molecule has 1 aliphatic heterocycles. The zero-order valence-corrected chi connectivity index (χ0v) is 26.7. The minimum absolute atomic E-state index is 0.136. The Kier molecular flexibility index (Phi) is 7.35. The third kappa shape index (κ3) is 4.97. The lowest BCUT2D eigenvalue weighted by Crippen LogP contribution is -2.38. The first-order chi connectivity index (χ1) is 20.7. The SMILES string of the molecule is CB(c1ccc2c(c1)C(C)(C)c1cc(B(C)C3CCCC3)ccc1N2c1ccc2c(=O)oc(C)cc2c1)C1CCCCC1. The fourth-order valence-electron chi connectivity index (χ4n) is 8.70. The van der Waals surface area contributed by atoms with E-state index in [0.717, 1.165) is 22.7 Å². The van der Waals surface area contributed by atoms with E-state index in [2.05, 4.69) is 80.9 Å². The van der Waals surface area contributed by atoms with E-state index in [1.54, 1.807) is 0 Å². The van der Waals surface area contributed by atoms with E-state index in [4.69, 9.17) is 4.42 Å². The topological polar surface area (TPSA) is 33.5 Å². The number of rotatable bonds is 5. The highest BCUT2D eigenvalue weighted by Crippen LogP contribution is 2.52. The van der Waals surface area contributed by atoms with Crippen molar-refractivity contribution >= 4 is 52.2 Å². The zero-order valence-electron chi connectivity index (χ0n) is 26.7. The first kappa shape index (κ1) is 28.6. The van der Waals surface area contributed by atoms with Crippen molar-refractivity contribution < 1.29 is 4.42 Å². The molecule has 4 aromatic rings. The number of aryl methyl sites for hydroxylation is 1. The van der Waals surface area contributed by atoms with Gasteiger partial charge in [-0.05, 0) is 59.8 Å². The average molecular weight is 569 g/mol. The van der Waals surface area contributed by atoms with Gasteiger partial charge in [-0.1, -0.05) is 132 Å². The van der Waals surface area contributed by atoms with Gasteiger partial charge < -0.3 is 9.32 Å². The lowest BCUT2D eigenvalue weighted by molar-refractivity contribution is 0.488. The lowest BCUT2D eigenvalue weighted by Gasteiger charge is -2.43. The van der Waals surface area contributed by atoms with Gasteiger partial charge in [0.05, 0.1) is 16.8 Å². The normalized spacial score (nSPS) is 18.5. The summed E-state index contributed by atoms with van der Waals surface area (Å²) in [4.78, 5) is 15.1. The van der Waals surface area contributed by atoms with Gasteiger partial charge in [0, 0.05) is 11.1 Å². The van der Waals surface area contributed by atoms with Crippen molar-refractivity contribution in [2.75, 3.05) is 4.90 Å². The molecule has 0 atom stereocenters.